The third-order valence-corrected chi connectivity index (χ3v) is 2.07. The molecule has 1 aliphatic rings. The molecule has 0 spiro atoms. The lowest BCUT2D eigenvalue weighted by Crippen LogP contribution is -2.17. The highest BCUT2D eigenvalue weighted by molar-refractivity contribution is 5.88. The van der Waals surface area contributed by atoms with E-state index in [-0.39, 0.29) is 12.1 Å². The van der Waals surface area contributed by atoms with Gasteiger partial charge in [0.25, 0.3) is 0 Å². The van der Waals surface area contributed by atoms with Gasteiger partial charge in [0.15, 0.2) is 0 Å². The zero-order valence-electron chi connectivity index (χ0n) is 7.50. The maximum absolute atomic E-state index is 11.1. The van der Waals surface area contributed by atoms with Crippen LogP contribution in [0.4, 0.5) is 0 Å². The number of carbonyl (C=O) groups is 1. The van der Waals surface area contributed by atoms with Crippen molar-refractivity contribution in [3.63, 3.8) is 0 Å². The summed E-state index contributed by atoms with van der Waals surface area (Å²) in [6.45, 7) is 0. The zero-order chi connectivity index (χ0) is 8.97. The molecule has 0 radical (unpaired) electrons. The van der Waals surface area contributed by atoms with E-state index in [1.54, 1.807) is 7.11 Å². The molecule has 0 aromatic rings. The van der Waals surface area contributed by atoms with E-state index in [1.165, 1.54) is 7.11 Å². The molecule has 1 unspecified atom stereocenters. The summed E-state index contributed by atoms with van der Waals surface area (Å²) in [6.07, 6.45) is 4.76. The Morgan fingerprint density at radius 1 is 1.58 bits per heavy atom. The van der Waals surface area contributed by atoms with Crippen LogP contribution in [0.2, 0.25) is 0 Å². The number of methoxy groups -OCH3 is 2. The summed E-state index contributed by atoms with van der Waals surface area (Å²) in [7, 11) is 3.06. The van der Waals surface area contributed by atoms with E-state index in [2.05, 4.69) is 4.74 Å². The second-order valence-electron chi connectivity index (χ2n) is 2.85. The summed E-state index contributed by atoms with van der Waals surface area (Å²) in [5, 5.41) is 0. The van der Waals surface area contributed by atoms with Crippen LogP contribution >= 0.6 is 0 Å². The molecular weight excluding hydrogens is 156 g/mol. The Bertz CT molecular complexity index is 196. The van der Waals surface area contributed by atoms with Gasteiger partial charge in [0.05, 0.1) is 13.2 Å². The molecule has 0 aromatic carbocycles. The third-order valence-electron chi connectivity index (χ3n) is 2.07. The van der Waals surface area contributed by atoms with Gasteiger partial charge in [-0.25, -0.2) is 4.79 Å². The number of esters is 1. The average Bonchev–Trinajstić information content (AvgIpc) is 2.17. The van der Waals surface area contributed by atoms with Crippen LogP contribution in [0.3, 0.4) is 0 Å². The van der Waals surface area contributed by atoms with Crippen molar-refractivity contribution in [2.24, 2.45) is 0 Å². The van der Waals surface area contributed by atoms with Crippen molar-refractivity contribution >= 4 is 5.97 Å². The van der Waals surface area contributed by atoms with Crippen LogP contribution in [0.15, 0.2) is 11.6 Å². The molecule has 0 aliphatic heterocycles. The van der Waals surface area contributed by atoms with Gasteiger partial charge in [-0.15, -0.1) is 0 Å². The highest BCUT2D eigenvalue weighted by Crippen LogP contribution is 2.20. The van der Waals surface area contributed by atoms with Gasteiger partial charge in [-0.1, -0.05) is 0 Å². The molecule has 3 heteroatoms. The largest absolute Gasteiger partial charge is 0.466 e. The van der Waals surface area contributed by atoms with E-state index in [1.807, 2.05) is 6.08 Å². The lowest BCUT2D eigenvalue weighted by molar-refractivity contribution is -0.136. The second-order valence-corrected chi connectivity index (χ2v) is 2.85. The molecule has 0 saturated heterocycles. The first-order chi connectivity index (χ1) is 5.77. The van der Waals surface area contributed by atoms with Crippen molar-refractivity contribution < 1.29 is 14.3 Å². The molecule has 0 saturated carbocycles. The van der Waals surface area contributed by atoms with Crippen LogP contribution in [0.1, 0.15) is 19.3 Å². The molecule has 1 rings (SSSR count). The predicted molar refractivity (Wildman–Crippen MR) is 44.7 cm³/mol. The Hall–Kier alpha value is -0.830. The Labute approximate surface area is 72.4 Å². The molecule has 68 valence electrons. The smallest absolute Gasteiger partial charge is 0.333 e. The van der Waals surface area contributed by atoms with Crippen molar-refractivity contribution in [2.45, 2.75) is 25.4 Å². The highest BCUT2D eigenvalue weighted by atomic mass is 16.5. The molecule has 12 heavy (non-hydrogen) atoms. The lowest BCUT2D eigenvalue weighted by Gasteiger charge is -2.18. The second kappa shape index (κ2) is 4.26. The Kier molecular flexibility index (Phi) is 3.29. The minimum absolute atomic E-state index is 0.0906. The fourth-order valence-electron chi connectivity index (χ4n) is 1.37. The fraction of sp³-hybridized carbons (Fsp3) is 0.667. The van der Waals surface area contributed by atoms with E-state index in [4.69, 9.17) is 4.74 Å². The fourth-order valence-corrected chi connectivity index (χ4v) is 1.37. The summed E-state index contributed by atoms with van der Waals surface area (Å²) >= 11 is 0. The van der Waals surface area contributed by atoms with Crippen LogP contribution in [-0.2, 0) is 14.3 Å². The van der Waals surface area contributed by atoms with Crippen molar-refractivity contribution in [1.82, 2.24) is 0 Å². The Morgan fingerprint density at radius 2 is 2.33 bits per heavy atom. The molecule has 0 amide bonds. The maximum Gasteiger partial charge on any atom is 0.333 e. The SMILES string of the molecule is COC(=O)C1=CC(OC)CCC1. The summed E-state index contributed by atoms with van der Waals surface area (Å²) < 4.78 is 9.75. The van der Waals surface area contributed by atoms with E-state index in [0.29, 0.717) is 0 Å². The van der Waals surface area contributed by atoms with Crippen LogP contribution in [0.25, 0.3) is 0 Å². The first kappa shape index (κ1) is 9.26. The molecule has 0 N–H and O–H groups in total. The van der Waals surface area contributed by atoms with Gasteiger partial charge in [-0.05, 0) is 25.3 Å². The lowest BCUT2D eigenvalue weighted by atomic mass is 9.97. The molecule has 0 bridgehead atoms. The van der Waals surface area contributed by atoms with E-state index in [9.17, 15) is 4.79 Å². The van der Waals surface area contributed by atoms with Gasteiger partial charge in [0, 0.05) is 12.7 Å². The van der Waals surface area contributed by atoms with Crippen LogP contribution < -0.4 is 0 Å². The molecule has 1 aliphatic carbocycles. The summed E-state index contributed by atoms with van der Waals surface area (Å²) in [4.78, 5) is 11.1. The number of ether oxygens (including phenoxy) is 2. The number of rotatable bonds is 2. The predicted octanol–water partition coefficient (Wildman–Crippen LogP) is 1.28. The summed E-state index contributed by atoms with van der Waals surface area (Å²) in [5.74, 6) is -0.225. The maximum atomic E-state index is 11.1. The molecule has 0 aromatic heterocycles. The van der Waals surface area contributed by atoms with Crippen LogP contribution in [0, 0.1) is 0 Å². The van der Waals surface area contributed by atoms with E-state index >= 15 is 0 Å². The van der Waals surface area contributed by atoms with E-state index < -0.39 is 0 Å². The van der Waals surface area contributed by atoms with Crippen LogP contribution in [-0.4, -0.2) is 26.3 Å². The first-order valence-electron chi connectivity index (χ1n) is 4.09. The molecule has 0 fully saturated rings. The minimum Gasteiger partial charge on any atom is -0.466 e. The highest BCUT2D eigenvalue weighted by Gasteiger charge is 2.17. The molecule has 3 nitrogen and oxygen atoms in total. The van der Waals surface area contributed by atoms with Gasteiger partial charge in [-0.3, -0.25) is 0 Å². The zero-order valence-corrected chi connectivity index (χ0v) is 7.50. The first-order valence-corrected chi connectivity index (χ1v) is 4.09. The topological polar surface area (TPSA) is 35.5 Å². The number of carbonyl (C=O) groups excluding carboxylic acids is 1. The van der Waals surface area contributed by atoms with E-state index in [0.717, 1.165) is 24.8 Å². The van der Waals surface area contributed by atoms with Gasteiger partial charge in [0.1, 0.15) is 0 Å². The van der Waals surface area contributed by atoms with Crippen LogP contribution in [0.5, 0.6) is 0 Å². The van der Waals surface area contributed by atoms with Crippen molar-refractivity contribution in [3.8, 4) is 0 Å². The van der Waals surface area contributed by atoms with Crippen molar-refractivity contribution in [1.29, 1.82) is 0 Å². The van der Waals surface area contributed by atoms with Gasteiger partial charge in [0.2, 0.25) is 0 Å². The third kappa shape index (κ3) is 2.08. The monoisotopic (exact) mass is 170 g/mol. The number of hydrogen-bond acceptors (Lipinski definition) is 3. The van der Waals surface area contributed by atoms with Crippen molar-refractivity contribution in [3.05, 3.63) is 11.6 Å². The van der Waals surface area contributed by atoms with Gasteiger partial charge >= 0.3 is 5.97 Å². The normalized spacial score (nSPS) is 23.2. The van der Waals surface area contributed by atoms with Crippen molar-refractivity contribution in [2.75, 3.05) is 14.2 Å². The Balaban J connectivity index is 2.63. The molecule has 0 heterocycles. The summed E-state index contributed by atoms with van der Waals surface area (Å²) in [5.41, 5.74) is 0.746. The molecule has 1 atom stereocenters. The van der Waals surface area contributed by atoms with Gasteiger partial charge in [-0.2, -0.15) is 0 Å². The number of hydrogen-bond donors (Lipinski definition) is 0. The minimum atomic E-state index is -0.225. The quantitative estimate of drug-likeness (QED) is 0.586. The average molecular weight is 170 g/mol. The standard InChI is InChI=1S/C9H14O3/c1-11-8-5-3-4-7(6-8)9(10)12-2/h6,8H,3-5H2,1-2H3. The Morgan fingerprint density at radius 3 is 2.92 bits per heavy atom. The van der Waals surface area contributed by atoms with Gasteiger partial charge < -0.3 is 9.47 Å². The molecular formula is C9H14O3. The summed E-state index contributed by atoms with van der Waals surface area (Å²) in [6, 6.07) is 0.